The Morgan fingerprint density at radius 1 is 1.39 bits per heavy atom. The van der Waals surface area contributed by atoms with Crippen molar-refractivity contribution in [2.45, 2.75) is 25.9 Å². The van der Waals surface area contributed by atoms with Gasteiger partial charge in [-0.25, -0.2) is 4.98 Å². The quantitative estimate of drug-likeness (QED) is 0.861. The smallest absolute Gasteiger partial charge is 0.310 e. The van der Waals surface area contributed by atoms with Crippen molar-refractivity contribution in [1.29, 1.82) is 0 Å². The van der Waals surface area contributed by atoms with Crippen molar-refractivity contribution in [3.63, 3.8) is 0 Å². The van der Waals surface area contributed by atoms with Gasteiger partial charge in [0.15, 0.2) is 5.13 Å². The molecule has 5 rings (SSSR count). The largest absolute Gasteiger partial charge is 0.462 e. The van der Waals surface area contributed by atoms with Crippen molar-refractivity contribution in [3.8, 4) is 0 Å². The molecule has 1 aliphatic heterocycles. The Bertz CT molecular complexity index is 843. The monoisotopic (exact) mass is 328 g/mol. The Kier molecular flexibility index (Phi) is 2.66. The van der Waals surface area contributed by atoms with Crippen LogP contribution in [-0.2, 0) is 14.3 Å². The van der Waals surface area contributed by atoms with Crippen molar-refractivity contribution in [2.24, 2.45) is 23.7 Å². The highest BCUT2D eigenvalue weighted by Crippen LogP contribution is 2.57. The van der Waals surface area contributed by atoms with Crippen LogP contribution in [0.2, 0.25) is 0 Å². The number of carbonyl (C=O) groups is 2. The van der Waals surface area contributed by atoms with Crippen LogP contribution in [-0.4, -0.2) is 23.0 Å². The Labute approximate surface area is 137 Å². The zero-order valence-electron chi connectivity index (χ0n) is 12.6. The van der Waals surface area contributed by atoms with Gasteiger partial charge in [0, 0.05) is 5.92 Å². The van der Waals surface area contributed by atoms with Gasteiger partial charge in [0.1, 0.15) is 6.10 Å². The fourth-order valence-corrected chi connectivity index (χ4v) is 5.60. The molecule has 1 saturated heterocycles. The van der Waals surface area contributed by atoms with Crippen molar-refractivity contribution < 1.29 is 14.3 Å². The Morgan fingerprint density at radius 3 is 3.13 bits per heavy atom. The summed E-state index contributed by atoms with van der Waals surface area (Å²) in [5.74, 6) is -0.217. The van der Waals surface area contributed by atoms with E-state index in [1.54, 1.807) is 0 Å². The van der Waals surface area contributed by atoms with Gasteiger partial charge in [0.05, 0.1) is 22.1 Å². The molecule has 6 heteroatoms. The van der Waals surface area contributed by atoms with Crippen LogP contribution >= 0.6 is 11.3 Å². The van der Waals surface area contributed by atoms with Gasteiger partial charge in [-0.05, 0) is 43.4 Å². The number of nitrogens with zero attached hydrogens (tertiary/aromatic N) is 1. The van der Waals surface area contributed by atoms with Crippen molar-refractivity contribution in [1.82, 2.24) is 4.98 Å². The van der Waals surface area contributed by atoms with Gasteiger partial charge in [-0.3, -0.25) is 9.59 Å². The molecular weight excluding hydrogens is 312 g/mol. The summed E-state index contributed by atoms with van der Waals surface area (Å²) in [6, 6.07) is 6.05. The van der Waals surface area contributed by atoms with Gasteiger partial charge in [-0.1, -0.05) is 17.4 Å². The SMILES string of the molecule is Cc1ccc2nc(NC(=O)[C@@H]3[C@H]4C[C@@H]5[C@@H]3C(=O)O[C@@H]5C4)sc2c1. The minimum atomic E-state index is -0.250. The third-order valence-electron chi connectivity index (χ3n) is 5.56. The number of benzene rings is 1. The molecule has 2 aromatic rings. The lowest BCUT2D eigenvalue weighted by Crippen LogP contribution is -2.35. The second-order valence-electron chi connectivity index (χ2n) is 6.90. The Hall–Kier alpha value is -1.95. The maximum atomic E-state index is 12.7. The van der Waals surface area contributed by atoms with Gasteiger partial charge in [-0.2, -0.15) is 0 Å². The predicted molar refractivity (Wildman–Crippen MR) is 86.1 cm³/mol. The maximum Gasteiger partial charge on any atom is 0.310 e. The van der Waals surface area contributed by atoms with E-state index in [2.05, 4.69) is 16.4 Å². The van der Waals surface area contributed by atoms with E-state index >= 15 is 0 Å². The number of aryl methyl sites for hydroxylation is 1. The van der Waals surface area contributed by atoms with Crippen LogP contribution in [0, 0.1) is 30.6 Å². The second-order valence-corrected chi connectivity index (χ2v) is 7.93. The number of amides is 1. The van der Waals surface area contributed by atoms with Crippen LogP contribution in [0.5, 0.6) is 0 Å². The van der Waals surface area contributed by atoms with Gasteiger partial charge < -0.3 is 10.1 Å². The summed E-state index contributed by atoms with van der Waals surface area (Å²) < 4.78 is 6.46. The Morgan fingerprint density at radius 2 is 2.26 bits per heavy atom. The number of aromatic nitrogens is 1. The number of ether oxygens (including phenoxy) is 1. The Balaban J connectivity index is 1.41. The number of hydrogen-bond donors (Lipinski definition) is 1. The van der Waals surface area contributed by atoms with Crippen LogP contribution in [0.3, 0.4) is 0 Å². The standard InChI is InChI=1S/C17H16N2O3S/c1-7-2-3-10-12(4-7)23-17(18-10)19-15(20)13-8-5-9-11(6-8)22-16(21)14(9)13/h2-4,8-9,11,13-14H,5-6H2,1H3,(H,18,19,20)/t8-,9-,11+,13+,14-/m0/s1. The van der Waals surface area contributed by atoms with Gasteiger partial charge in [0.25, 0.3) is 0 Å². The number of carbonyl (C=O) groups excluding carboxylic acids is 2. The molecule has 2 bridgehead atoms. The molecule has 3 fully saturated rings. The van der Waals surface area contributed by atoms with Crippen LogP contribution < -0.4 is 5.32 Å². The fourth-order valence-electron chi connectivity index (χ4n) is 4.64. The molecule has 0 spiro atoms. The molecule has 1 amide bonds. The normalized spacial score (nSPS) is 34.1. The molecule has 5 atom stereocenters. The summed E-state index contributed by atoms with van der Waals surface area (Å²) in [7, 11) is 0. The molecule has 118 valence electrons. The third kappa shape index (κ3) is 1.87. The highest BCUT2D eigenvalue weighted by Gasteiger charge is 2.63. The molecule has 2 heterocycles. The van der Waals surface area contributed by atoms with E-state index in [9.17, 15) is 9.59 Å². The lowest BCUT2D eigenvalue weighted by atomic mass is 9.79. The first-order valence-electron chi connectivity index (χ1n) is 7.99. The highest BCUT2D eigenvalue weighted by atomic mass is 32.1. The van der Waals surface area contributed by atoms with E-state index in [0.29, 0.717) is 5.13 Å². The van der Waals surface area contributed by atoms with Gasteiger partial charge in [-0.15, -0.1) is 0 Å². The molecule has 23 heavy (non-hydrogen) atoms. The zero-order chi connectivity index (χ0) is 15.7. The van der Waals surface area contributed by atoms with Gasteiger partial charge in [0.2, 0.25) is 5.91 Å². The summed E-state index contributed by atoms with van der Waals surface area (Å²) in [6.45, 7) is 2.04. The third-order valence-corrected chi connectivity index (χ3v) is 6.49. The molecule has 2 aliphatic carbocycles. The van der Waals surface area contributed by atoms with E-state index in [4.69, 9.17) is 4.74 Å². The van der Waals surface area contributed by atoms with Crippen molar-refractivity contribution in [3.05, 3.63) is 23.8 Å². The predicted octanol–water partition coefficient (Wildman–Crippen LogP) is 2.74. The van der Waals surface area contributed by atoms with E-state index in [1.165, 1.54) is 16.9 Å². The van der Waals surface area contributed by atoms with Crippen LogP contribution in [0.15, 0.2) is 18.2 Å². The summed E-state index contributed by atoms with van der Waals surface area (Å²) in [5.41, 5.74) is 2.07. The molecular formula is C17H16N2O3S. The topological polar surface area (TPSA) is 68.3 Å². The first kappa shape index (κ1) is 13.5. The van der Waals surface area contributed by atoms with Crippen LogP contribution in [0.1, 0.15) is 18.4 Å². The average Bonchev–Trinajstić information content (AvgIpc) is 3.19. The number of nitrogens with one attached hydrogen (secondary N) is 1. The molecule has 1 N–H and O–H groups in total. The number of esters is 1. The molecule has 0 unspecified atom stereocenters. The number of hydrogen-bond acceptors (Lipinski definition) is 5. The summed E-state index contributed by atoms with van der Waals surface area (Å²) in [4.78, 5) is 29.2. The van der Waals surface area contributed by atoms with Crippen molar-refractivity contribution in [2.75, 3.05) is 5.32 Å². The first-order chi connectivity index (χ1) is 11.1. The molecule has 0 radical (unpaired) electrons. The number of anilines is 1. The summed E-state index contributed by atoms with van der Waals surface area (Å²) in [5, 5.41) is 3.55. The molecule has 1 aromatic heterocycles. The molecule has 3 aliphatic rings. The lowest BCUT2D eigenvalue weighted by Gasteiger charge is -2.22. The van der Waals surface area contributed by atoms with E-state index in [-0.39, 0.29) is 41.7 Å². The second kappa shape index (κ2) is 4.54. The van der Waals surface area contributed by atoms with E-state index in [0.717, 1.165) is 23.1 Å². The van der Waals surface area contributed by atoms with Crippen LogP contribution in [0.4, 0.5) is 5.13 Å². The summed E-state index contributed by atoms with van der Waals surface area (Å²) >= 11 is 1.48. The van der Waals surface area contributed by atoms with Crippen molar-refractivity contribution >= 4 is 38.6 Å². The van der Waals surface area contributed by atoms with E-state index in [1.807, 2.05) is 19.1 Å². The maximum absolute atomic E-state index is 12.7. The fraction of sp³-hybridized carbons (Fsp3) is 0.471. The zero-order valence-corrected chi connectivity index (χ0v) is 13.4. The summed E-state index contributed by atoms with van der Waals surface area (Å²) in [6.07, 6.45) is 1.84. The lowest BCUT2D eigenvalue weighted by molar-refractivity contribution is -0.145. The van der Waals surface area contributed by atoms with Crippen LogP contribution in [0.25, 0.3) is 10.2 Å². The minimum absolute atomic E-state index is 0.0620. The van der Waals surface area contributed by atoms with E-state index < -0.39 is 0 Å². The van der Waals surface area contributed by atoms with Gasteiger partial charge >= 0.3 is 5.97 Å². The molecule has 2 saturated carbocycles. The first-order valence-corrected chi connectivity index (χ1v) is 8.80. The minimum Gasteiger partial charge on any atom is -0.462 e. The highest BCUT2D eigenvalue weighted by molar-refractivity contribution is 7.22. The molecule has 1 aromatic carbocycles. The molecule has 5 nitrogen and oxygen atoms in total. The number of thiazole rings is 1. The number of rotatable bonds is 2. The number of fused-ring (bicyclic) bond motifs is 2. The average molecular weight is 328 g/mol.